The van der Waals surface area contributed by atoms with Crippen LogP contribution in [0.1, 0.15) is 296 Å². The van der Waals surface area contributed by atoms with Gasteiger partial charge >= 0.3 is 0 Å². The lowest BCUT2D eigenvalue weighted by Gasteiger charge is -2.40. The van der Waals surface area contributed by atoms with E-state index < -0.39 is 74.2 Å². The van der Waals surface area contributed by atoms with Gasteiger partial charge in [0.2, 0.25) is 5.91 Å². The Morgan fingerprint density at radius 1 is 0.453 bits per heavy atom. The molecule has 0 aliphatic carbocycles. The largest absolute Gasteiger partial charge is 0.394 e. The van der Waals surface area contributed by atoms with E-state index in [0.717, 1.165) is 38.5 Å². The Labute approximate surface area is 460 Å². The van der Waals surface area contributed by atoms with E-state index in [4.69, 9.17) is 9.47 Å². The van der Waals surface area contributed by atoms with Crippen molar-refractivity contribution < 1.29 is 50.0 Å². The van der Waals surface area contributed by atoms with Crippen LogP contribution in [0.15, 0.2) is 36.5 Å². The van der Waals surface area contributed by atoms with Gasteiger partial charge in [0, 0.05) is 0 Å². The van der Waals surface area contributed by atoms with E-state index >= 15 is 0 Å². The monoisotopic (exact) mass is 1060 g/mol. The van der Waals surface area contributed by atoms with Crippen LogP contribution in [-0.4, -0.2) is 110 Å². The van der Waals surface area contributed by atoms with Gasteiger partial charge in [0.05, 0.1) is 25.4 Å². The molecule has 0 bridgehead atoms. The van der Waals surface area contributed by atoms with E-state index in [1.54, 1.807) is 0 Å². The topological polar surface area (TPSA) is 189 Å². The second kappa shape index (κ2) is 53.0. The number of nitrogens with one attached hydrogen (secondary N) is 1. The van der Waals surface area contributed by atoms with E-state index in [1.807, 2.05) is 0 Å². The predicted molar refractivity (Wildman–Crippen MR) is 312 cm³/mol. The van der Waals surface area contributed by atoms with E-state index in [2.05, 4.69) is 55.6 Å². The zero-order valence-corrected chi connectivity index (χ0v) is 48.5. The molecule has 0 radical (unpaired) electrons. The van der Waals surface area contributed by atoms with Crippen LogP contribution >= 0.6 is 0 Å². The van der Waals surface area contributed by atoms with Crippen LogP contribution < -0.4 is 5.32 Å². The Morgan fingerprint density at radius 3 is 1.19 bits per heavy atom. The third kappa shape index (κ3) is 41.1. The fourth-order valence-electron chi connectivity index (χ4n) is 10.2. The molecule has 1 amide bonds. The summed E-state index contributed by atoms with van der Waals surface area (Å²) in [5, 5.41) is 76.3. The van der Waals surface area contributed by atoms with Crippen molar-refractivity contribution in [2.45, 2.75) is 351 Å². The molecule has 0 aromatic heterocycles. The van der Waals surface area contributed by atoms with E-state index in [9.17, 15) is 40.5 Å². The normalized spacial score (nSPS) is 19.9. The highest BCUT2D eigenvalue weighted by atomic mass is 16.7. The van der Waals surface area contributed by atoms with Crippen molar-refractivity contribution in [2.75, 3.05) is 13.2 Å². The van der Waals surface area contributed by atoms with Crippen molar-refractivity contribution in [1.82, 2.24) is 5.32 Å². The first-order chi connectivity index (χ1) is 36.7. The van der Waals surface area contributed by atoms with Crippen LogP contribution in [0.5, 0.6) is 0 Å². The van der Waals surface area contributed by atoms with E-state index in [-0.39, 0.29) is 12.8 Å². The molecule has 11 nitrogen and oxygen atoms in total. The summed E-state index contributed by atoms with van der Waals surface area (Å²) in [5.41, 5.74) is 0. The maximum Gasteiger partial charge on any atom is 0.249 e. The summed E-state index contributed by atoms with van der Waals surface area (Å²) in [5.74, 6) is -0.708. The molecule has 75 heavy (non-hydrogen) atoms. The lowest BCUT2D eigenvalue weighted by molar-refractivity contribution is -0.303. The molecule has 1 rings (SSSR count). The third-order valence-electron chi connectivity index (χ3n) is 15.4. The van der Waals surface area contributed by atoms with Gasteiger partial charge in [0.25, 0.3) is 0 Å². The number of hydrogen-bond acceptors (Lipinski definition) is 10. The molecule has 1 saturated heterocycles. The zero-order chi connectivity index (χ0) is 54.7. The lowest BCUT2D eigenvalue weighted by atomic mass is 9.98. The van der Waals surface area contributed by atoms with Crippen LogP contribution in [0, 0.1) is 0 Å². The number of carbonyl (C=O) groups is 1. The summed E-state index contributed by atoms with van der Waals surface area (Å²) in [6.07, 6.45) is 55.0. The molecule has 9 atom stereocenters. The van der Waals surface area contributed by atoms with Gasteiger partial charge < -0.3 is 50.5 Å². The Kier molecular flexibility index (Phi) is 50.4. The Bertz CT molecular complexity index is 1310. The first-order valence-corrected chi connectivity index (χ1v) is 31.9. The van der Waals surface area contributed by atoms with Crippen LogP contribution in [0.4, 0.5) is 0 Å². The number of hydrogen-bond donors (Lipinski definition) is 8. The molecule has 8 N–H and O–H groups in total. The maximum absolute atomic E-state index is 13.2. The Hall–Kier alpha value is -1.67. The minimum Gasteiger partial charge on any atom is -0.394 e. The zero-order valence-electron chi connectivity index (χ0n) is 48.5. The minimum absolute atomic E-state index is 0.247. The molecule has 1 heterocycles. The SMILES string of the molecule is CCCCCCCCCCCCCC/C=C\CCCCCCCCCCCCC(O)C(=O)NC(COC1OC(CO)C(O)C(O)C1O)C(O)C(O)CCC/C=C/CC/C=C/CCCCCCCCCCCCCCC. The van der Waals surface area contributed by atoms with E-state index in [0.29, 0.717) is 19.3 Å². The molecule has 1 aliphatic rings. The van der Waals surface area contributed by atoms with E-state index in [1.165, 1.54) is 212 Å². The Balaban J connectivity index is 2.29. The highest BCUT2D eigenvalue weighted by molar-refractivity contribution is 5.80. The highest BCUT2D eigenvalue weighted by Crippen LogP contribution is 2.23. The van der Waals surface area contributed by atoms with Gasteiger partial charge in [-0.15, -0.1) is 0 Å². The smallest absolute Gasteiger partial charge is 0.249 e. The van der Waals surface area contributed by atoms with Crippen molar-refractivity contribution >= 4 is 5.91 Å². The fourth-order valence-corrected chi connectivity index (χ4v) is 10.2. The average Bonchev–Trinajstić information content (AvgIpc) is 3.41. The molecule has 1 aliphatic heterocycles. The molecule has 0 spiro atoms. The number of amides is 1. The lowest BCUT2D eigenvalue weighted by Crippen LogP contribution is -2.60. The predicted octanol–water partition coefficient (Wildman–Crippen LogP) is 14.2. The van der Waals surface area contributed by atoms with Gasteiger partial charge in [0.1, 0.15) is 36.6 Å². The van der Waals surface area contributed by atoms with Gasteiger partial charge in [-0.2, -0.15) is 0 Å². The standard InChI is InChI=1S/C64H121NO10/c1-3-5-7-9-11-13-15-17-19-21-23-25-27-28-29-30-32-34-36-38-40-42-44-46-48-50-52-57(68)63(73)65-55(54-74-64-62(72)61(71)60(70)58(53-66)75-64)59(69)56(67)51-49-47-45-43-41-39-37-35-33-31-26-24-22-20-18-16-14-12-10-8-6-4-2/h28-29,35,37,43,45,55-62,64,66-72H,3-27,30-34,36,38-42,44,46-54H2,1-2H3,(H,65,73)/b29-28-,37-35+,45-43+. The minimum atomic E-state index is -1.67. The quantitative estimate of drug-likeness (QED) is 0.0215. The molecule has 0 aromatic carbocycles. The molecule has 442 valence electrons. The molecular formula is C64H121NO10. The first kappa shape index (κ1) is 71.3. The van der Waals surface area contributed by atoms with Crippen LogP contribution in [-0.2, 0) is 14.3 Å². The molecule has 0 aromatic rings. The number of aliphatic hydroxyl groups is 7. The van der Waals surface area contributed by atoms with Crippen LogP contribution in [0.25, 0.3) is 0 Å². The molecule has 11 heteroatoms. The summed E-state index contributed by atoms with van der Waals surface area (Å²) in [6.45, 7) is 3.47. The van der Waals surface area contributed by atoms with Gasteiger partial charge in [-0.25, -0.2) is 0 Å². The number of allylic oxidation sites excluding steroid dienone is 6. The summed E-state index contributed by atoms with van der Waals surface area (Å²) >= 11 is 0. The van der Waals surface area contributed by atoms with Crippen LogP contribution in [0.2, 0.25) is 0 Å². The number of rotatable bonds is 55. The van der Waals surface area contributed by atoms with Gasteiger partial charge in [-0.05, 0) is 77.0 Å². The number of carbonyl (C=O) groups excluding carboxylic acids is 1. The van der Waals surface area contributed by atoms with Gasteiger partial charge in [-0.3, -0.25) is 4.79 Å². The molecule has 1 fully saturated rings. The molecule has 9 unspecified atom stereocenters. The van der Waals surface area contributed by atoms with Crippen molar-refractivity contribution in [3.05, 3.63) is 36.5 Å². The number of unbranched alkanes of at least 4 members (excludes halogenated alkanes) is 37. The summed E-state index contributed by atoms with van der Waals surface area (Å²) in [7, 11) is 0. The van der Waals surface area contributed by atoms with Gasteiger partial charge in [-0.1, -0.05) is 256 Å². The molecular weight excluding hydrogens is 943 g/mol. The van der Waals surface area contributed by atoms with Crippen molar-refractivity contribution in [1.29, 1.82) is 0 Å². The van der Waals surface area contributed by atoms with Gasteiger partial charge in [0.15, 0.2) is 6.29 Å². The van der Waals surface area contributed by atoms with Crippen molar-refractivity contribution in [3.8, 4) is 0 Å². The first-order valence-electron chi connectivity index (χ1n) is 31.9. The van der Waals surface area contributed by atoms with Crippen molar-refractivity contribution in [2.24, 2.45) is 0 Å². The summed E-state index contributed by atoms with van der Waals surface area (Å²) < 4.78 is 11.2. The number of aliphatic hydroxyl groups excluding tert-OH is 7. The molecule has 0 saturated carbocycles. The number of ether oxygens (including phenoxy) is 2. The summed E-state index contributed by atoms with van der Waals surface area (Å²) in [4.78, 5) is 13.2. The Morgan fingerprint density at radius 2 is 0.800 bits per heavy atom. The summed E-state index contributed by atoms with van der Waals surface area (Å²) in [6, 6.07) is -1.19. The average molecular weight is 1060 g/mol. The van der Waals surface area contributed by atoms with Crippen molar-refractivity contribution in [3.63, 3.8) is 0 Å². The van der Waals surface area contributed by atoms with Crippen LogP contribution in [0.3, 0.4) is 0 Å². The second-order valence-corrected chi connectivity index (χ2v) is 22.5. The maximum atomic E-state index is 13.2. The second-order valence-electron chi connectivity index (χ2n) is 22.5. The highest BCUT2D eigenvalue weighted by Gasteiger charge is 2.44. The fraction of sp³-hybridized carbons (Fsp3) is 0.891. The third-order valence-corrected chi connectivity index (χ3v) is 15.4.